The summed E-state index contributed by atoms with van der Waals surface area (Å²) in [5, 5.41) is 2.84. The fourth-order valence-electron chi connectivity index (χ4n) is 3.36. The molecule has 0 aliphatic carbocycles. The maximum absolute atomic E-state index is 12.5. The average Bonchev–Trinajstić information content (AvgIpc) is 2.85. The van der Waals surface area contributed by atoms with E-state index in [1.807, 2.05) is 55.5 Å². The lowest BCUT2D eigenvalue weighted by molar-refractivity contribution is -0.131. The van der Waals surface area contributed by atoms with Crippen molar-refractivity contribution in [1.29, 1.82) is 0 Å². The van der Waals surface area contributed by atoms with Crippen LogP contribution in [0.2, 0.25) is 0 Å². The number of benzene rings is 4. The van der Waals surface area contributed by atoms with Gasteiger partial charge in [-0.25, -0.2) is 4.79 Å². The van der Waals surface area contributed by atoms with Crippen molar-refractivity contribution in [2.45, 2.75) is 13.8 Å². The van der Waals surface area contributed by atoms with Crippen LogP contribution < -0.4 is 14.8 Å². The van der Waals surface area contributed by atoms with Crippen LogP contribution >= 0.6 is 0 Å². The lowest BCUT2D eigenvalue weighted by Crippen LogP contribution is -2.11. The van der Waals surface area contributed by atoms with Crippen molar-refractivity contribution >= 4 is 23.5 Å². The van der Waals surface area contributed by atoms with Crippen molar-refractivity contribution in [1.82, 2.24) is 0 Å². The first-order valence-electron chi connectivity index (χ1n) is 11.0. The van der Waals surface area contributed by atoms with Gasteiger partial charge in [0.15, 0.2) is 0 Å². The van der Waals surface area contributed by atoms with E-state index in [0.717, 1.165) is 16.7 Å². The molecule has 35 heavy (non-hydrogen) atoms. The molecule has 6 nitrogen and oxygen atoms in total. The minimum Gasteiger partial charge on any atom is -0.427 e. The fraction of sp³-hybridized carbons (Fsp3) is 0.0690. The molecule has 0 saturated carbocycles. The van der Waals surface area contributed by atoms with Crippen molar-refractivity contribution in [3.05, 3.63) is 114 Å². The molecule has 0 atom stereocenters. The van der Waals surface area contributed by atoms with E-state index in [1.165, 1.54) is 6.92 Å². The molecule has 174 valence electrons. The average molecular weight is 466 g/mol. The lowest BCUT2D eigenvalue weighted by Gasteiger charge is -2.09. The number of rotatable bonds is 6. The van der Waals surface area contributed by atoms with Gasteiger partial charge in [0.05, 0.1) is 5.56 Å². The topological polar surface area (TPSA) is 81.7 Å². The Kier molecular flexibility index (Phi) is 7.02. The second-order valence-corrected chi connectivity index (χ2v) is 7.93. The Morgan fingerprint density at radius 2 is 1.09 bits per heavy atom. The van der Waals surface area contributed by atoms with Gasteiger partial charge in [0.25, 0.3) is 5.91 Å². The minimum absolute atomic E-state index is 0.271. The number of carbonyl (C=O) groups excluding carboxylic acids is 3. The zero-order valence-corrected chi connectivity index (χ0v) is 19.3. The van der Waals surface area contributed by atoms with Gasteiger partial charge < -0.3 is 14.8 Å². The summed E-state index contributed by atoms with van der Waals surface area (Å²) >= 11 is 0. The Balaban J connectivity index is 1.36. The van der Waals surface area contributed by atoms with Crippen molar-refractivity contribution < 1.29 is 23.9 Å². The van der Waals surface area contributed by atoms with Crippen molar-refractivity contribution in [2.75, 3.05) is 5.32 Å². The van der Waals surface area contributed by atoms with E-state index in [9.17, 15) is 14.4 Å². The van der Waals surface area contributed by atoms with E-state index in [-0.39, 0.29) is 5.91 Å². The molecule has 4 aromatic rings. The van der Waals surface area contributed by atoms with Crippen LogP contribution in [0.25, 0.3) is 11.1 Å². The summed E-state index contributed by atoms with van der Waals surface area (Å²) in [7, 11) is 0. The molecule has 1 amide bonds. The summed E-state index contributed by atoms with van der Waals surface area (Å²) in [4.78, 5) is 35.8. The van der Waals surface area contributed by atoms with Gasteiger partial charge in [-0.05, 0) is 78.7 Å². The molecule has 4 aromatic carbocycles. The monoisotopic (exact) mass is 465 g/mol. The summed E-state index contributed by atoms with van der Waals surface area (Å²) in [6.45, 7) is 3.28. The second kappa shape index (κ2) is 10.5. The van der Waals surface area contributed by atoms with Crippen LogP contribution in [0.4, 0.5) is 5.69 Å². The quantitative estimate of drug-likeness (QED) is 0.277. The highest BCUT2D eigenvalue weighted by Crippen LogP contribution is 2.25. The normalized spacial score (nSPS) is 10.3. The molecule has 6 heteroatoms. The van der Waals surface area contributed by atoms with E-state index in [2.05, 4.69) is 5.32 Å². The van der Waals surface area contributed by atoms with Crippen LogP contribution in [-0.2, 0) is 4.79 Å². The molecule has 0 heterocycles. The Bertz CT molecular complexity index is 1340. The number of esters is 2. The van der Waals surface area contributed by atoms with Gasteiger partial charge >= 0.3 is 11.9 Å². The highest BCUT2D eigenvalue weighted by atomic mass is 16.5. The summed E-state index contributed by atoms with van der Waals surface area (Å²) in [6.07, 6.45) is 0. The zero-order valence-electron chi connectivity index (χ0n) is 19.3. The van der Waals surface area contributed by atoms with Crippen LogP contribution in [0.3, 0.4) is 0 Å². The number of hydrogen-bond donors (Lipinski definition) is 1. The maximum Gasteiger partial charge on any atom is 0.343 e. The number of aryl methyl sites for hydroxylation is 1. The molecular weight excluding hydrogens is 442 g/mol. The predicted molar refractivity (Wildman–Crippen MR) is 134 cm³/mol. The summed E-state index contributed by atoms with van der Waals surface area (Å²) in [5.74, 6) is -0.247. The molecule has 0 bridgehead atoms. The summed E-state index contributed by atoms with van der Waals surface area (Å²) in [6, 6.07) is 28.2. The molecule has 0 spiro atoms. The highest BCUT2D eigenvalue weighted by Gasteiger charge is 2.10. The second-order valence-electron chi connectivity index (χ2n) is 7.93. The van der Waals surface area contributed by atoms with E-state index >= 15 is 0 Å². The Morgan fingerprint density at radius 1 is 0.600 bits per heavy atom. The fourth-order valence-corrected chi connectivity index (χ4v) is 3.36. The van der Waals surface area contributed by atoms with E-state index < -0.39 is 11.9 Å². The van der Waals surface area contributed by atoms with Gasteiger partial charge in [0.2, 0.25) is 0 Å². The molecule has 0 fully saturated rings. The van der Waals surface area contributed by atoms with Gasteiger partial charge in [-0.3, -0.25) is 9.59 Å². The van der Waals surface area contributed by atoms with Crippen molar-refractivity contribution in [3.8, 4) is 22.6 Å². The van der Waals surface area contributed by atoms with E-state index in [4.69, 9.17) is 9.47 Å². The largest absolute Gasteiger partial charge is 0.427 e. The molecule has 0 saturated heterocycles. The SMILES string of the molecule is CC(=O)Oc1ccc(C(=O)Nc2ccc(-c3ccc(OC(=O)c4ccc(C)cc4)cc3)cc2)cc1. The van der Waals surface area contributed by atoms with Crippen LogP contribution in [0, 0.1) is 6.92 Å². The first-order valence-corrected chi connectivity index (χ1v) is 11.0. The molecule has 0 aliphatic rings. The maximum atomic E-state index is 12.5. The first-order chi connectivity index (χ1) is 16.9. The van der Waals surface area contributed by atoms with Crippen LogP contribution in [-0.4, -0.2) is 17.8 Å². The number of hydrogen-bond acceptors (Lipinski definition) is 5. The molecule has 0 aliphatic heterocycles. The van der Waals surface area contributed by atoms with Gasteiger partial charge in [0.1, 0.15) is 11.5 Å². The molecule has 0 aromatic heterocycles. The van der Waals surface area contributed by atoms with Crippen molar-refractivity contribution in [3.63, 3.8) is 0 Å². The summed E-state index contributed by atoms with van der Waals surface area (Å²) < 4.78 is 10.4. The Labute approximate surface area is 203 Å². The van der Waals surface area contributed by atoms with Crippen molar-refractivity contribution in [2.24, 2.45) is 0 Å². The zero-order chi connectivity index (χ0) is 24.8. The third-order valence-corrected chi connectivity index (χ3v) is 5.21. The molecule has 4 rings (SSSR count). The van der Waals surface area contributed by atoms with E-state index in [1.54, 1.807) is 48.5 Å². The summed E-state index contributed by atoms with van der Waals surface area (Å²) in [5.41, 5.74) is 4.56. The number of amides is 1. The lowest BCUT2D eigenvalue weighted by atomic mass is 10.1. The molecule has 1 N–H and O–H groups in total. The predicted octanol–water partition coefficient (Wildman–Crippen LogP) is 6.06. The number of anilines is 1. The standard InChI is InChI=1S/C29H23NO5/c1-19-3-5-24(6-4-19)29(33)35-27-15-9-22(10-16-27)21-7-13-25(14-8-21)30-28(32)23-11-17-26(18-12-23)34-20(2)31/h3-18H,1-2H3,(H,30,32). The molecular formula is C29H23NO5. The van der Waals surface area contributed by atoms with Gasteiger partial charge in [-0.15, -0.1) is 0 Å². The first kappa shape index (κ1) is 23.4. The van der Waals surface area contributed by atoms with E-state index in [0.29, 0.717) is 28.3 Å². The third kappa shape index (κ3) is 6.21. The molecule has 0 unspecified atom stereocenters. The number of nitrogens with one attached hydrogen (secondary N) is 1. The minimum atomic E-state index is -0.416. The van der Waals surface area contributed by atoms with Gasteiger partial charge in [0, 0.05) is 18.2 Å². The van der Waals surface area contributed by atoms with Crippen LogP contribution in [0.15, 0.2) is 97.1 Å². The molecule has 0 radical (unpaired) electrons. The third-order valence-electron chi connectivity index (χ3n) is 5.21. The van der Waals surface area contributed by atoms with Gasteiger partial charge in [-0.2, -0.15) is 0 Å². The number of carbonyl (C=O) groups is 3. The van der Waals surface area contributed by atoms with Gasteiger partial charge in [-0.1, -0.05) is 42.0 Å². The number of ether oxygens (including phenoxy) is 2. The Hall–Kier alpha value is -4.71. The van der Waals surface area contributed by atoms with Crippen LogP contribution in [0.1, 0.15) is 33.2 Å². The smallest absolute Gasteiger partial charge is 0.343 e. The Morgan fingerprint density at radius 3 is 1.66 bits per heavy atom. The highest BCUT2D eigenvalue weighted by molar-refractivity contribution is 6.04. The van der Waals surface area contributed by atoms with Crippen LogP contribution in [0.5, 0.6) is 11.5 Å².